The van der Waals surface area contributed by atoms with E-state index in [-0.39, 0.29) is 0 Å². The van der Waals surface area contributed by atoms with Crippen molar-refractivity contribution in [2.45, 2.75) is 45.1 Å². The number of furan rings is 1. The average Bonchev–Trinajstić information content (AvgIpc) is 3.05. The van der Waals surface area contributed by atoms with E-state index in [2.05, 4.69) is 5.10 Å². The lowest BCUT2D eigenvalue weighted by Gasteiger charge is -2.27. The average molecular weight is 274 g/mol. The van der Waals surface area contributed by atoms with E-state index in [0.29, 0.717) is 5.92 Å². The zero-order chi connectivity index (χ0) is 14.1. The number of hydrogen-bond acceptors (Lipinski definition) is 3. The molecule has 108 valence electrons. The second-order valence-electron chi connectivity index (χ2n) is 5.86. The number of aromatic nitrogens is 2. The Bertz CT molecular complexity index is 579. The number of rotatable bonds is 3. The van der Waals surface area contributed by atoms with Gasteiger partial charge in [-0.3, -0.25) is 4.68 Å². The van der Waals surface area contributed by atoms with Crippen LogP contribution in [0.3, 0.4) is 0 Å². The Morgan fingerprint density at radius 2 is 2.10 bits per heavy atom. The lowest BCUT2D eigenvalue weighted by atomic mass is 9.81. The molecule has 1 N–H and O–H groups in total. The van der Waals surface area contributed by atoms with Crippen LogP contribution < -0.4 is 0 Å². The lowest BCUT2D eigenvalue weighted by Crippen LogP contribution is -2.16. The van der Waals surface area contributed by atoms with Crippen molar-refractivity contribution in [2.24, 2.45) is 13.0 Å². The molecule has 0 bridgehead atoms. The Morgan fingerprint density at radius 3 is 2.75 bits per heavy atom. The third-order valence-corrected chi connectivity index (χ3v) is 4.43. The van der Waals surface area contributed by atoms with Gasteiger partial charge in [-0.15, -0.1) is 0 Å². The minimum absolute atomic E-state index is 0.357. The first-order chi connectivity index (χ1) is 9.66. The van der Waals surface area contributed by atoms with Gasteiger partial charge < -0.3 is 9.52 Å². The topological polar surface area (TPSA) is 51.2 Å². The van der Waals surface area contributed by atoms with E-state index in [1.54, 1.807) is 10.9 Å². The van der Waals surface area contributed by atoms with E-state index in [1.165, 1.54) is 19.3 Å². The second kappa shape index (κ2) is 5.44. The number of hydrogen-bond donors (Lipinski definition) is 1. The first-order valence-corrected chi connectivity index (χ1v) is 7.42. The molecule has 3 rings (SSSR count). The van der Waals surface area contributed by atoms with Crippen LogP contribution in [-0.2, 0) is 7.05 Å². The number of aliphatic hydroxyl groups is 1. The molecule has 4 heteroatoms. The molecule has 0 spiro atoms. The summed E-state index contributed by atoms with van der Waals surface area (Å²) in [4.78, 5) is 0. The molecule has 0 unspecified atom stereocenters. The van der Waals surface area contributed by atoms with Crippen LogP contribution in [-0.4, -0.2) is 14.9 Å². The van der Waals surface area contributed by atoms with Crippen molar-refractivity contribution in [3.63, 3.8) is 0 Å². The maximum Gasteiger partial charge on any atom is 0.107 e. The van der Waals surface area contributed by atoms with Crippen molar-refractivity contribution < 1.29 is 9.52 Å². The maximum absolute atomic E-state index is 10.8. The fourth-order valence-corrected chi connectivity index (χ4v) is 3.30. The van der Waals surface area contributed by atoms with Crippen molar-refractivity contribution in [2.75, 3.05) is 0 Å². The van der Waals surface area contributed by atoms with Gasteiger partial charge in [0, 0.05) is 29.9 Å². The summed E-state index contributed by atoms with van der Waals surface area (Å²) in [5.41, 5.74) is 2.94. The fraction of sp³-hybridized carbons (Fsp3) is 0.562. The first-order valence-electron chi connectivity index (χ1n) is 7.42. The van der Waals surface area contributed by atoms with Gasteiger partial charge in [0.15, 0.2) is 0 Å². The van der Waals surface area contributed by atoms with E-state index >= 15 is 0 Å². The number of aryl methyl sites for hydroxylation is 2. The van der Waals surface area contributed by atoms with Gasteiger partial charge in [-0.05, 0) is 25.7 Å². The normalized spacial score (nSPS) is 18.4. The number of aliphatic hydroxyl groups excluding tert-OH is 1. The van der Waals surface area contributed by atoms with Crippen LogP contribution in [0.4, 0.5) is 0 Å². The van der Waals surface area contributed by atoms with Crippen LogP contribution in [0.2, 0.25) is 0 Å². The van der Waals surface area contributed by atoms with Gasteiger partial charge in [0.2, 0.25) is 0 Å². The predicted molar refractivity (Wildman–Crippen MR) is 77.2 cm³/mol. The molecule has 1 fully saturated rings. The summed E-state index contributed by atoms with van der Waals surface area (Å²) in [6, 6.07) is 0. The molecule has 0 radical (unpaired) electrons. The Balaban J connectivity index is 1.94. The van der Waals surface area contributed by atoms with Gasteiger partial charge in [-0.2, -0.15) is 5.10 Å². The Morgan fingerprint density at radius 1 is 1.35 bits per heavy atom. The van der Waals surface area contributed by atoms with Crippen LogP contribution in [0.15, 0.2) is 23.1 Å². The molecule has 0 saturated heterocycles. The highest BCUT2D eigenvalue weighted by molar-refractivity contribution is 5.66. The van der Waals surface area contributed by atoms with E-state index in [4.69, 9.17) is 4.42 Å². The summed E-state index contributed by atoms with van der Waals surface area (Å²) in [5.74, 6) is 1.18. The molecule has 0 aliphatic heterocycles. The Kier molecular flexibility index (Phi) is 3.66. The minimum atomic E-state index is -0.427. The van der Waals surface area contributed by atoms with Gasteiger partial charge in [-0.1, -0.05) is 19.3 Å². The monoisotopic (exact) mass is 274 g/mol. The maximum atomic E-state index is 10.8. The molecule has 20 heavy (non-hydrogen) atoms. The summed E-state index contributed by atoms with van der Waals surface area (Å²) >= 11 is 0. The molecule has 2 aromatic rings. The highest BCUT2D eigenvalue weighted by Gasteiger charge is 2.28. The molecular weight excluding hydrogens is 252 g/mol. The quantitative estimate of drug-likeness (QED) is 0.930. The summed E-state index contributed by atoms with van der Waals surface area (Å²) < 4.78 is 7.35. The highest BCUT2D eigenvalue weighted by Crippen LogP contribution is 2.40. The predicted octanol–water partition coefficient (Wildman–Crippen LogP) is 3.60. The molecular formula is C16H22N2O2. The van der Waals surface area contributed by atoms with Crippen LogP contribution in [0.25, 0.3) is 11.1 Å². The SMILES string of the molecule is Cc1occ(-c2cnn(C)c2)c1[C@@H](O)C1CCCCC1. The van der Waals surface area contributed by atoms with Crippen molar-refractivity contribution in [3.8, 4) is 11.1 Å². The minimum Gasteiger partial charge on any atom is -0.469 e. The summed E-state index contributed by atoms with van der Waals surface area (Å²) in [7, 11) is 1.90. The van der Waals surface area contributed by atoms with Crippen LogP contribution >= 0.6 is 0 Å². The van der Waals surface area contributed by atoms with Crippen LogP contribution in [0, 0.1) is 12.8 Å². The molecule has 0 aromatic carbocycles. The molecule has 1 saturated carbocycles. The van der Waals surface area contributed by atoms with Gasteiger partial charge in [0.25, 0.3) is 0 Å². The Hall–Kier alpha value is -1.55. The third kappa shape index (κ3) is 2.40. The smallest absolute Gasteiger partial charge is 0.107 e. The molecule has 1 aliphatic rings. The van der Waals surface area contributed by atoms with E-state index in [1.807, 2.05) is 26.4 Å². The van der Waals surface area contributed by atoms with E-state index in [9.17, 15) is 5.11 Å². The van der Waals surface area contributed by atoms with Crippen LogP contribution in [0.1, 0.15) is 49.5 Å². The van der Waals surface area contributed by atoms with Crippen molar-refractivity contribution in [3.05, 3.63) is 30.0 Å². The fourth-order valence-electron chi connectivity index (χ4n) is 3.30. The highest BCUT2D eigenvalue weighted by atomic mass is 16.3. The lowest BCUT2D eigenvalue weighted by molar-refractivity contribution is 0.0839. The van der Waals surface area contributed by atoms with Crippen molar-refractivity contribution in [1.29, 1.82) is 0 Å². The summed E-state index contributed by atoms with van der Waals surface area (Å²) in [5, 5.41) is 15.0. The zero-order valence-electron chi connectivity index (χ0n) is 12.2. The van der Waals surface area contributed by atoms with Crippen molar-refractivity contribution >= 4 is 0 Å². The number of nitrogens with zero attached hydrogens (tertiary/aromatic N) is 2. The second-order valence-corrected chi connectivity index (χ2v) is 5.86. The van der Waals surface area contributed by atoms with E-state index < -0.39 is 6.10 Å². The molecule has 4 nitrogen and oxygen atoms in total. The summed E-state index contributed by atoms with van der Waals surface area (Å²) in [6.45, 7) is 1.93. The molecule has 2 aromatic heterocycles. The third-order valence-electron chi connectivity index (χ3n) is 4.43. The standard InChI is InChI=1S/C16H22N2O2/c1-11-15(16(19)12-6-4-3-5-7-12)14(10-20-11)13-8-17-18(2)9-13/h8-10,12,16,19H,3-7H2,1-2H3/t16-/m0/s1. The largest absolute Gasteiger partial charge is 0.469 e. The molecule has 0 amide bonds. The van der Waals surface area contributed by atoms with E-state index in [0.717, 1.165) is 35.3 Å². The molecule has 1 aliphatic carbocycles. The molecule has 1 atom stereocenters. The van der Waals surface area contributed by atoms with Gasteiger partial charge in [-0.25, -0.2) is 0 Å². The van der Waals surface area contributed by atoms with Crippen LogP contribution in [0.5, 0.6) is 0 Å². The summed E-state index contributed by atoms with van der Waals surface area (Å²) in [6.07, 6.45) is 11.1. The van der Waals surface area contributed by atoms with Crippen molar-refractivity contribution in [1.82, 2.24) is 9.78 Å². The molecule has 2 heterocycles. The zero-order valence-corrected chi connectivity index (χ0v) is 12.2. The Labute approximate surface area is 119 Å². The van der Waals surface area contributed by atoms with Gasteiger partial charge in [0.05, 0.1) is 18.6 Å². The first kappa shape index (κ1) is 13.4. The van der Waals surface area contributed by atoms with Gasteiger partial charge in [0.1, 0.15) is 5.76 Å². The van der Waals surface area contributed by atoms with Gasteiger partial charge >= 0.3 is 0 Å².